The number of methoxy groups -OCH3 is 1. The van der Waals surface area contributed by atoms with E-state index in [4.69, 9.17) is 11.6 Å². The highest BCUT2D eigenvalue weighted by Crippen LogP contribution is 2.22. The van der Waals surface area contributed by atoms with Gasteiger partial charge in [-0.1, -0.05) is 11.6 Å². The lowest BCUT2D eigenvalue weighted by Gasteiger charge is -2.10. The van der Waals surface area contributed by atoms with Crippen LogP contribution in [-0.2, 0) is 9.53 Å². The standard InChI is InChI=1S/C13H13ClFNO3/c1-7(16-2)11(13(18)19-3)12(17)9-5-4-8(15)6-10(9)14/h4-6,16H,1-3H3/b11-7-. The van der Waals surface area contributed by atoms with E-state index in [1.807, 2.05) is 0 Å². The second-order valence-electron chi connectivity index (χ2n) is 3.69. The highest BCUT2D eigenvalue weighted by molar-refractivity contribution is 6.37. The van der Waals surface area contributed by atoms with Crippen LogP contribution < -0.4 is 5.32 Å². The first-order valence-corrected chi connectivity index (χ1v) is 5.76. The SMILES string of the molecule is CN/C(C)=C(\C(=O)OC)C(=O)c1ccc(F)cc1Cl. The van der Waals surface area contributed by atoms with Crippen LogP contribution in [-0.4, -0.2) is 25.9 Å². The Hall–Kier alpha value is -1.88. The maximum Gasteiger partial charge on any atom is 0.343 e. The second kappa shape index (κ2) is 6.33. The first-order chi connectivity index (χ1) is 8.92. The normalized spacial score (nSPS) is 11.6. The molecule has 6 heteroatoms. The smallest absolute Gasteiger partial charge is 0.343 e. The molecule has 4 nitrogen and oxygen atoms in total. The van der Waals surface area contributed by atoms with Crippen molar-refractivity contribution in [1.82, 2.24) is 5.32 Å². The molecule has 102 valence electrons. The molecular formula is C13H13ClFNO3. The summed E-state index contributed by atoms with van der Waals surface area (Å²) in [4.78, 5) is 23.9. The molecular weight excluding hydrogens is 273 g/mol. The fraction of sp³-hybridized carbons (Fsp3) is 0.231. The number of ether oxygens (including phenoxy) is 1. The Labute approximate surface area is 115 Å². The van der Waals surface area contributed by atoms with E-state index >= 15 is 0 Å². The van der Waals surface area contributed by atoms with E-state index in [0.717, 1.165) is 12.1 Å². The number of rotatable bonds is 4. The molecule has 1 aromatic rings. The maximum atomic E-state index is 12.9. The molecule has 1 rings (SSSR count). The third kappa shape index (κ3) is 3.32. The van der Waals surface area contributed by atoms with Gasteiger partial charge in [-0.15, -0.1) is 0 Å². The van der Waals surface area contributed by atoms with Crippen molar-refractivity contribution in [3.05, 3.63) is 45.9 Å². The van der Waals surface area contributed by atoms with E-state index in [9.17, 15) is 14.0 Å². The highest BCUT2D eigenvalue weighted by atomic mass is 35.5. The number of hydrogen-bond acceptors (Lipinski definition) is 4. The summed E-state index contributed by atoms with van der Waals surface area (Å²) in [6.07, 6.45) is 0. The Morgan fingerprint density at radius 1 is 1.37 bits per heavy atom. The van der Waals surface area contributed by atoms with E-state index in [-0.39, 0.29) is 16.2 Å². The van der Waals surface area contributed by atoms with Gasteiger partial charge in [0, 0.05) is 18.3 Å². The van der Waals surface area contributed by atoms with E-state index in [0.29, 0.717) is 5.70 Å². The van der Waals surface area contributed by atoms with Crippen molar-refractivity contribution in [3.63, 3.8) is 0 Å². The van der Waals surface area contributed by atoms with Gasteiger partial charge in [0.05, 0.1) is 12.1 Å². The van der Waals surface area contributed by atoms with Crippen molar-refractivity contribution >= 4 is 23.4 Å². The molecule has 0 fully saturated rings. The Bertz CT molecular complexity index is 555. The lowest BCUT2D eigenvalue weighted by Crippen LogP contribution is -2.21. The quantitative estimate of drug-likeness (QED) is 0.303. The first-order valence-electron chi connectivity index (χ1n) is 5.39. The summed E-state index contributed by atoms with van der Waals surface area (Å²) in [5.74, 6) is -1.96. The number of benzene rings is 1. The summed E-state index contributed by atoms with van der Waals surface area (Å²) in [6.45, 7) is 1.56. The number of halogens is 2. The number of ketones is 1. The van der Waals surface area contributed by atoms with Crippen molar-refractivity contribution in [2.24, 2.45) is 0 Å². The van der Waals surface area contributed by atoms with Crippen LogP contribution in [0.3, 0.4) is 0 Å². The summed E-state index contributed by atoms with van der Waals surface area (Å²) < 4.78 is 17.5. The number of hydrogen-bond donors (Lipinski definition) is 1. The fourth-order valence-electron chi connectivity index (χ4n) is 1.45. The van der Waals surface area contributed by atoms with Gasteiger partial charge < -0.3 is 10.1 Å². The van der Waals surface area contributed by atoms with Crippen LogP contribution in [0.25, 0.3) is 0 Å². The summed E-state index contributed by atoms with van der Waals surface area (Å²) in [5, 5.41) is 2.64. The zero-order chi connectivity index (χ0) is 14.6. The van der Waals surface area contributed by atoms with Crippen LogP contribution in [0.1, 0.15) is 17.3 Å². The molecule has 0 saturated carbocycles. The molecule has 1 N–H and O–H groups in total. The largest absolute Gasteiger partial charge is 0.465 e. The highest BCUT2D eigenvalue weighted by Gasteiger charge is 2.25. The average Bonchev–Trinajstić information content (AvgIpc) is 2.38. The molecule has 0 unspecified atom stereocenters. The van der Waals surface area contributed by atoms with Gasteiger partial charge >= 0.3 is 5.97 Å². The molecule has 0 aliphatic carbocycles. The van der Waals surface area contributed by atoms with Crippen molar-refractivity contribution in [2.75, 3.05) is 14.2 Å². The van der Waals surface area contributed by atoms with Crippen LogP contribution in [0, 0.1) is 5.82 Å². The van der Waals surface area contributed by atoms with E-state index in [2.05, 4.69) is 10.1 Å². The summed E-state index contributed by atoms with van der Waals surface area (Å²) in [5.41, 5.74) is 0.216. The van der Waals surface area contributed by atoms with Gasteiger partial charge in [-0.25, -0.2) is 9.18 Å². The number of carbonyl (C=O) groups is 2. The van der Waals surface area contributed by atoms with Gasteiger partial charge in [-0.3, -0.25) is 4.79 Å². The molecule has 0 saturated heterocycles. The summed E-state index contributed by atoms with van der Waals surface area (Å²) in [6, 6.07) is 3.34. The van der Waals surface area contributed by atoms with Crippen molar-refractivity contribution in [1.29, 1.82) is 0 Å². The van der Waals surface area contributed by atoms with E-state index in [1.54, 1.807) is 14.0 Å². The minimum Gasteiger partial charge on any atom is -0.465 e. The van der Waals surface area contributed by atoms with Crippen molar-refractivity contribution < 1.29 is 18.7 Å². The van der Waals surface area contributed by atoms with Gasteiger partial charge in [0.25, 0.3) is 0 Å². The Morgan fingerprint density at radius 3 is 2.47 bits per heavy atom. The van der Waals surface area contributed by atoms with Crippen LogP contribution >= 0.6 is 11.6 Å². The lowest BCUT2D eigenvalue weighted by molar-refractivity contribution is -0.135. The molecule has 0 aromatic heterocycles. The van der Waals surface area contributed by atoms with E-state index < -0.39 is 17.6 Å². The average molecular weight is 286 g/mol. The zero-order valence-electron chi connectivity index (χ0n) is 10.7. The molecule has 0 radical (unpaired) electrons. The van der Waals surface area contributed by atoms with Crippen LogP contribution in [0.15, 0.2) is 29.5 Å². The Balaban J connectivity index is 3.32. The molecule has 0 bridgehead atoms. The molecule has 0 atom stereocenters. The predicted molar refractivity (Wildman–Crippen MR) is 69.5 cm³/mol. The monoisotopic (exact) mass is 285 g/mol. The second-order valence-corrected chi connectivity index (χ2v) is 4.10. The molecule has 0 spiro atoms. The van der Waals surface area contributed by atoms with Gasteiger partial charge in [-0.2, -0.15) is 0 Å². The molecule has 0 aliphatic heterocycles. The third-order valence-corrected chi connectivity index (χ3v) is 2.86. The van der Waals surface area contributed by atoms with Gasteiger partial charge in [0.15, 0.2) is 0 Å². The number of allylic oxidation sites excluding steroid dienone is 1. The van der Waals surface area contributed by atoms with Crippen molar-refractivity contribution in [2.45, 2.75) is 6.92 Å². The minimum atomic E-state index is -0.780. The number of nitrogens with one attached hydrogen (secondary N) is 1. The number of carbonyl (C=O) groups excluding carboxylic acids is 2. The van der Waals surface area contributed by atoms with E-state index in [1.165, 1.54) is 13.2 Å². The van der Waals surface area contributed by atoms with Gasteiger partial charge in [0.1, 0.15) is 11.4 Å². The topological polar surface area (TPSA) is 55.4 Å². The number of Topliss-reactive ketones (excluding diaryl/α,β-unsaturated/α-hetero) is 1. The molecule has 19 heavy (non-hydrogen) atoms. The first kappa shape index (κ1) is 15.2. The predicted octanol–water partition coefficient (Wildman–Crippen LogP) is 2.33. The van der Waals surface area contributed by atoms with Crippen LogP contribution in [0.5, 0.6) is 0 Å². The van der Waals surface area contributed by atoms with Crippen LogP contribution in [0.2, 0.25) is 5.02 Å². The molecule has 1 aromatic carbocycles. The lowest BCUT2D eigenvalue weighted by atomic mass is 10.0. The zero-order valence-corrected chi connectivity index (χ0v) is 11.5. The minimum absolute atomic E-state index is 0.0399. The maximum absolute atomic E-state index is 12.9. The van der Waals surface area contributed by atoms with Crippen molar-refractivity contribution in [3.8, 4) is 0 Å². The Kier molecular flexibility index (Phi) is 5.06. The summed E-state index contributed by atoms with van der Waals surface area (Å²) >= 11 is 5.81. The molecule has 0 amide bonds. The third-order valence-electron chi connectivity index (χ3n) is 2.54. The Morgan fingerprint density at radius 2 is 2.00 bits per heavy atom. The van der Waals surface area contributed by atoms with Gasteiger partial charge in [0.2, 0.25) is 5.78 Å². The fourth-order valence-corrected chi connectivity index (χ4v) is 1.70. The van der Waals surface area contributed by atoms with Gasteiger partial charge in [-0.05, 0) is 25.1 Å². The number of esters is 1. The van der Waals surface area contributed by atoms with Crippen LogP contribution in [0.4, 0.5) is 4.39 Å². The molecule has 0 heterocycles. The summed E-state index contributed by atoms with van der Waals surface area (Å²) in [7, 11) is 2.74. The molecule has 0 aliphatic rings.